The zero-order valence-corrected chi connectivity index (χ0v) is 30.3. The summed E-state index contributed by atoms with van der Waals surface area (Å²) in [7, 11) is -2.89. The number of rotatable bonds is 7. The third-order valence-corrected chi connectivity index (χ3v) is 21.8. The van der Waals surface area contributed by atoms with E-state index >= 15 is 0 Å². The fraction of sp³-hybridized carbons (Fsp3) is 1.00. The molecule has 0 spiro atoms. The summed E-state index contributed by atoms with van der Waals surface area (Å²) >= 11 is 0. The number of fused-ring (bicyclic) bond motifs is 2. The Morgan fingerprint density at radius 3 is 1.95 bits per heavy atom. The van der Waals surface area contributed by atoms with E-state index in [4.69, 9.17) is 23.1 Å². The highest BCUT2D eigenvalue weighted by molar-refractivity contribution is 6.74. The summed E-state index contributed by atoms with van der Waals surface area (Å²) in [6.07, 6.45) is 5.09. The van der Waals surface area contributed by atoms with Gasteiger partial charge in [0.15, 0.2) is 28.2 Å². The van der Waals surface area contributed by atoms with Gasteiger partial charge in [-0.05, 0) is 79.7 Å². The lowest BCUT2D eigenvalue weighted by molar-refractivity contribution is -0.318. The van der Waals surface area contributed by atoms with Crippen LogP contribution in [-0.4, -0.2) is 59.4 Å². The summed E-state index contributed by atoms with van der Waals surface area (Å²) in [6, 6.07) is 0. The maximum atomic E-state index is 13.0. The highest BCUT2D eigenvalue weighted by Crippen LogP contribution is 2.68. The van der Waals surface area contributed by atoms with Gasteiger partial charge in [-0.2, -0.15) is 0 Å². The predicted octanol–water partition coefficient (Wildman–Crippen LogP) is 8.07. The van der Waals surface area contributed by atoms with Crippen molar-refractivity contribution in [3.05, 3.63) is 0 Å². The van der Waals surface area contributed by atoms with Crippen molar-refractivity contribution < 1.29 is 28.2 Å². The van der Waals surface area contributed by atoms with E-state index in [2.05, 4.69) is 88.5 Å². The average Bonchev–Trinajstić information content (AvgIpc) is 3.06. The van der Waals surface area contributed by atoms with Gasteiger partial charge in [-0.25, -0.2) is 0 Å². The van der Waals surface area contributed by atoms with Gasteiger partial charge in [-0.15, -0.1) is 0 Å². The minimum absolute atomic E-state index is 0.000501. The van der Waals surface area contributed by atoms with E-state index in [1.807, 2.05) is 0 Å². The third-order valence-electron chi connectivity index (χ3n) is 12.9. The van der Waals surface area contributed by atoms with Crippen LogP contribution >= 0.6 is 0 Å². The van der Waals surface area contributed by atoms with E-state index in [1.165, 1.54) is 0 Å². The molecule has 40 heavy (non-hydrogen) atoms. The summed E-state index contributed by atoms with van der Waals surface area (Å²) in [5, 5.41) is 13.1. The molecule has 4 bridgehead atoms. The topological polar surface area (TPSA) is 66.4 Å². The molecule has 8 heteroatoms. The molecule has 0 aromatic rings. The van der Waals surface area contributed by atoms with Gasteiger partial charge >= 0.3 is 0 Å². The van der Waals surface area contributed by atoms with Crippen LogP contribution in [0.1, 0.15) is 101 Å². The Morgan fingerprint density at radius 2 is 1.40 bits per heavy atom. The Hall–Kier alpha value is 0.194. The second-order valence-electron chi connectivity index (χ2n) is 17.6. The predicted molar refractivity (Wildman–Crippen MR) is 166 cm³/mol. The molecule has 5 aliphatic rings. The Labute approximate surface area is 247 Å². The number of methoxy groups -OCH3 is 1. The van der Waals surface area contributed by atoms with Crippen molar-refractivity contribution in [1.29, 1.82) is 0 Å². The summed E-state index contributed by atoms with van der Waals surface area (Å²) in [5.74, 6) is -1.46. The van der Waals surface area contributed by atoms with Crippen molar-refractivity contribution in [2.24, 2.45) is 28.6 Å². The first-order valence-electron chi connectivity index (χ1n) is 15.9. The molecular weight excluding hydrogens is 537 g/mol. The Kier molecular flexibility index (Phi) is 8.37. The third kappa shape index (κ3) is 5.16. The van der Waals surface area contributed by atoms with E-state index in [9.17, 15) is 5.11 Å². The van der Waals surface area contributed by atoms with Gasteiger partial charge < -0.3 is 28.2 Å². The van der Waals surface area contributed by atoms with Crippen LogP contribution in [0.3, 0.4) is 0 Å². The molecule has 6 nitrogen and oxygen atoms in total. The van der Waals surface area contributed by atoms with Crippen LogP contribution in [0.4, 0.5) is 0 Å². The zero-order valence-electron chi connectivity index (χ0n) is 28.3. The summed E-state index contributed by atoms with van der Waals surface area (Å²) in [6.45, 7) is 30.3. The van der Waals surface area contributed by atoms with Gasteiger partial charge in [-0.3, -0.25) is 0 Å². The van der Waals surface area contributed by atoms with Crippen molar-refractivity contribution in [2.45, 2.75) is 161 Å². The standard InChI is InChI=1S/C32H62O6Si2/c1-27(2,3)39(11,12)37-31-18-15-22-19-26(36-31)30(9)17-16-25(35-21-34-10)32(33,38-40(13,14)28(4,5)6)24(30)20-23(31)29(22,7)8/h22-26,33H,15-21H2,1-14H3/t22-,23+,24-,25-,26+,30+,31-,32-/m0/s1. The molecule has 2 saturated carbocycles. The van der Waals surface area contributed by atoms with Crippen molar-refractivity contribution in [3.63, 3.8) is 0 Å². The van der Waals surface area contributed by atoms with Crippen molar-refractivity contribution in [2.75, 3.05) is 13.9 Å². The van der Waals surface area contributed by atoms with Gasteiger partial charge in [0.05, 0.1) is 6.10 Å². The summed E-state index contributed by atoms with van der Waals surface area (Å²) < 4.78 is 33.7. The first-order chi connectivity index (χ1) is 18.0. The van der Waals surface area contributed by atoms with Crippen molar-refractivity contribution >= 4 is 16.6 Å². The molecule has 3 saturated heterocycles. The number of hydrogen-bond acceptors (Lipinski definition) is 6. The smallest absolute Gasteiger partial charge is 0.195 e. The first-order valence-corrected chi connectivity index (χ1v) is 21.7. The molecule has 3 aliphatic heterocycles. The van der Waals surface area contributed by atoms with E-state index < -0.39 is 34.3 Å². The van der Waals surface area contributed by atoms with Crippen molar-refractivity contribution in [3.8, 4) is 0 Å². The molecule has 8 atom stereocenters. The fourth-order valence-corrected chi connectivity index (χ4v) is 11.0. The van der Waals surface area contributed by atoms with Gasteiger partial charge in [0, 0.05) is 30.8 Å². The SMILES string of the molecule is COCO[C@H]1CC[C@@]2(C)[C@H]3C[C@@H]4CC[C@@](O[Si](C)(C)C(C)(C)C)(O3)[C@H](C[C@@H]2[C@]1(O)O[Si](C)(C)C(C)(C)C)C4(C)C. The second kappa shape index (κ2) is 10.1. The Balaban J connectivity index is 1.87. The molecule has 1 N–H and O–H groups in total. The molecule has 0 amide bonds. The Morgan fingerprint density at radius 1 is 0.825 bits per heavy atom. The molecule has 0 unspecified atom stereocenters. The molecule has 3 heterocycles. The maximum absolute atomic E-state index is 13.0. The van der Waals surface area contributed by atoms with Gasteiger partial charge in [-0.1, -0.05) is 62.3 Å². The number of hydrogen-bond donors (Lipinski definition) is 1. The number of ether oxygens (including phenoxy) is 3. The van der Waals surface area contributed by atoms with Crippen LogP contribution in [-0.2, 0) is 23.1 Å². The van der Waals surface area contributed by atoms with Crippen LogP contribution < -0.4 is 0 Å². The van der Waals surface area contributed by atoms with Gasteiger partial charge in [0.1, 0.15) is 12.9 Å². The van der Waals surface area contributed by atoms with Crippen LogP contribution in [0, 0.1) is 28.6 Å². The van der Waals surface area contributed by atoms with Crippen LogP contribution in [0.15, 0.2) is 0 Å². The first kappa shape index (κ1) is 33.1. The largest absolute Gasteiger partial charge is 0.390 e. The van der Waals surface area contributed by atoms with E-state index in [0.29, 0.717) is 5.92 Å². The molecule has 0 radical (unpaired) electrons. The second-order valence-corrected chi connectivity index (χ2v) is 27.1. The molecule has 5 fully saturated rings. The van der Waals surface area contributed by atoms with E-state index in [-0.39, 0.29) is 45.6 Å². The molecule has 2 aliphatic carbocycles. The van der Waals surface area contributed by atoms with Crippen LogP contribution in [0.25, 0.3) is 0 Å². The van der Waals surface area contributed by atoms with Crippen LogP contribution in [0.2, 0.25) is 36.3 Å². The number of aliphatic hydroxyl groups is 1. The molecule has 0 aromatic carbocycles. The molecule has 0 aromatic heterocycles. The zero-order chi connectivity index (χ0) is 30.4. The Bertz CT molecular complexity index is 939. The van der Waals surface area contributed by atoms with Crippen molar-refractivity contribution in [1.82, 2.24) is 0 Å². The summed E-state index contributed by atoms with van der Waals surface area (Å²) in [5.41, 5.74) is -0.227. The lowest BCUT2D eigenvalue weighted by Crippen LogP contribution is -2.67. The normalized spacial score (nSPS) is 41.9. The highest BCUT2D eigenvalue weighted by Gasteiger charge is 2.71. The monoisotopic (exact) mass is 598 g/mol. The van der Waals surface area contributed by atoms with E-state index in [0.717, 1.165) is 38.5 Å². The average molecular weight is 599 g/mol. The lowest BCUT2D eigenvalue weighted by Gasteiger charge is -2.60. The highest BCUT2D eigenvalue weighted by atomic mass is 28.4. The van der Waals surface area contributed by atoms with Gasteiger partial charge in [0.25, 0.3) is 0 Å². The van der Waals surface area contributed by atoms with Crippen LogP contribution in [0.5, 0.6) is 0 Å². The molecular formula is C32H62O6Si2. The maximum Gasteiger partial charge on any atom is 0.195 e. The summed E-state index contributed by atoms with van der Waals surface area (Å²) in [4.78, 5) is 0. The minimum Gasteiger partial charge on any atom is -0.390 e. The van der Waals surface area contributed by atoms with Gasteiger partial charge in [0.2, 0.25) is 0 Å². The lowest BCUT2D eigenvalue weighted by atomic mass is 9.49. The molecule has 5 rings (SSSR count). The molecule has 234 valence electrons. The van der Waals surface area contributed by atoms with E-state index in [1.54, 1.807) is 7.11 Å². The fourth-order valence-electron chi connectivity index (χ4n) is 8.13. The quantitative estimate of drug-likeness (QED) is 0.236. The minimum atomic E-state index is -2.38.